The second-order valence-corrected chi connectivity index (χ2v) is 7.74. The van der Waals surface area contributed by atoms with Gasteiger partial charge in [0, 0.05) is 11.9 Å². The second kappa shape index (κ2) is 13.3. The van der Waals surface area contributed by atoms with Gasteiger partial charge in [-0.2, -0.15) is 0 Å². The molecule has 2 N–H and O–H groups in total. The van der Waals surface area contributed by atoms with Crippen molar-refractivity contribution in [3.05, 3.63) is 114 Å². The number of carboxylic acid groups (broad SMARTS) is 1. The van der Waals surface area contributed by atoms with Gasteiger partial charge in [0.25, 0.3) is 5.91 Å². The molecule has 0 radical (unpaired) electrons. The fourth-order valence-electron chi connectivity index (χ4n) is 3.40. The molecule has 0 fully saturated rings. The zero-order chi connectivity index (χ0) is 25.8. The van der Waals surface area contributed by atoms with Gasteiger partial charge in [-0.3, -0.25) is 4.79 Å². The van der Waals surface area contributed by atoms with Crippen LogP contribution in [0.1, 0.15) is 22.8 Å². The van der Waals surface area contributed by atoms with Gasteiger partial charge in [0.15, 0.2) is 0 Å². The molecule has 0 aliphatic rings. The third-order valence-electron chi connectivity index (χ3n) is 5.24. The van der Waals surface area contributed by atoms with Crippen LogP contribution in [0.3, 0.4) is 0 Å². The molecule has 184 valence electrons. The minimum atomic E-state index is -0.987. The monoisotopic (exact) mass is 483 g/mol. The van der Waals surface area contributed by atoms with E-state index in [4.69, 9.17) is 14.6 Å². The highest BCUT2D eigenvalue weighted by atomic mass is 16.5. The van der Waals surface area contributed by atoms with Gasteiger partial charge in [0.1, 0.15) is 18.1 Å². The van der Waals surface area contributed by atoms with Crippen molar-refractivity contribution < 1.29 is 24.2 Å². The van der Waals surface area contributed by atoms with E-state index in [1.807, 2.05) is 79.7 Å². The molecule has 0 aliphatic heterocycles. The van der Waals surface area contributed by atoms with Crippen molar-refractivity contribution in [2.24, 2.45) is 0 Å². The van der Waals surface area contributed by atoms with Crippen LogP contribution in [0, 0.1) is 0 Å². The number of aromatic carboxylic acids is 1. The molecule has 4 aromatic rings. The molecule has 0 saturated carbocycles. The van der Waals surface area contributed by atoms with Gasteiger partial charge in [-0.1, -0.05) is 66.7 Å². The Morgan fingerprint density at radius 2 is 1.53 bits per heavy atom. The summed E-state index contributed by atoms with van der Waals surface area (Å²) >= 11 is 0. The van der Waals surface area contributed by atoms with Gasteiger partial charge >= 0.3 is 5.97 Å². The zero-order valence-electron chi connectivity index (χ0n) is 20.3. The number of fused-ring (bicyclic) bond motifs is 1. The van der Waals surface area contributed by atoms with E-state index in [2.05, 4.69) is 5.32 Å². The number of methoxy groups -OCH3 is 1. The van der Waals surface area contributed by atoms with E-state index in [-0.39, 0.29) is 18.1 Å². The maximum Gasteiger partial charge on any atom is 0.335 e. The van der Waals surface area contributed by atoms with Gasteiger partial charge < -0.3 is 19.9 Å². The molecule has 6 nitrogen and oxygen atoms in total. The molecule has 0 atom stereocenters. The van der Waals surface area contributed by atoms with Crippen LogP contribution < -0.4 is 14.8 Å². The number of carbonyl (C=O) groups excluding carboxylic acids is 1. The van der Waals surface area contributed by atoms with Crippen LogP contribution in [-0.2, 0) is 4.79 Å². The van der Waals surface area contributed by atoms with Crippen LogP contribution in [0.2, 0.25) is 0 Å². The fourth-order valence-corrected chi connectivity index (χ4v) is 3.40. The SMILES string of the molecule is CCNC(=O)C(=Cc1ccc(C(=O)O)cc1)COc1cccc2ccccc12.COc1ccccc1. The number of carbonyl (C=O) groups is 2. The van der Waals surface area contributed by atoms with E-state index >= 15 is 0 Å². The summed E-state index contributed by atoms with van der Waals surface area (Å²) in [5.41, 5.74) is 1.38. The largest absolute Gasteiger partial charge is 0.497 e. The number of likely N-dealkylation sites (N-methyl/N-ethyl adjacent to an activating group) is 1. The molecule has 0 saturated heterocycles. The molecule has 36 heavy (non-hydrogen) atoms. The van der Waals surface area contributed by atoms with Gasteiger partial charge in [0.2, 0.25) is 0 Å². The Morgan fingerprint density at radius 1 is 0.861 bits per heavy atom. The molecule has 0 aliphatic carbocycles. The highest BCUT2D eigenvalue weighted by Gasteiger charge is 2.11. The van der Waals surface area contributed by atoms with E-state index in [1.165, 1.54) is 12.1 Å². The van der Waals surface area contributed by atoms with E-state index in [9.17, 15) is 9.59 Å². The Kier molecular flexibility index (Phi) is 9.65. The van der Waals surface area contributed by atoms with E-state index in [0.29, 0.717) is 17.9 Å². The predicted molar refractivity (Wildman–Crippen MR) is 142 cm³/mol. The summed E-state index contributed by atoms with van der Waals surface area (Å²) < 4.78 is 10.9. The Balaban J connectivity index is 0.000000383. The lowest BCUT2D eigenvalue weighted by Crippen LogP contribution is -2.27. The Hall–Kier alpha value is -4.58. The molecule has 4 rings (SSSR count). The van der Waals surface area contributed by atoms with Crippen molar-refractivity contribution >= 4 is 28.7 Å². The number of ether oxygens (including phenoxy) is 2. The topological polar surface area (TPSA) is 84.9 Å². The predicted octanol–water partition coefficient (Wildman–Crippen LogP) is 5.83. The molecular weight excluding hydrogens is 454 g/mol. The summed E-state index contributed by atoms with van der Waals surface area (Å²) in [7, 11) is 1.66. The minimum Gasteiger partial charge on any atom is -0.497 e. The molecule has 0 bridgehead atoms. The van der Waals surface area contributed by atoms with Crippen LogP contribution in [0.25, 0.3) is 16.8 Å². The first-order chi connectivity index (χ1) is 17.5. The average Bonchev–Trinajstić information content (AvgIpc) is 2.92. The van der Waals surface area contributed by atoms with Crippen LogP contribution >= 0.6 is 0 Å². The molecule has 0 spiro atoms. The van der Waals surface area contributed by atoms with Gasteiger partial charge in [-0.25, -0.2) is 4.79 Å². The first-order valence-electron chi connectivity index (χ1n) is 11.5. The standard InChI is InChI=1S/C23H21NO4.C7H8O/c1-2-24-22(25)19(14-16-10-12-18(13-11-16)23(26)27)15-28-21-9-5-7-17-6-3-4-8-20(17)21;1-8-7-5-3-2-4-6-7/h3-14H,2,15H2,1H3,(H,24,25)(H,26,27);2-6H,1H3. The number of rotatable bonds is 8. The lowest BCUT2D eigenvalue weighted by atomic mass is 10.1. The van der Waals surface area contributed by atoms with E-state index in [1.54, 1.807) is 25.3 Å². The Labute approximate surface area is 210 Å². The highest BCUT2D eigenvalue weighted by Crippen LogP contribution is 2.25. The van der Waals surface area contributed by atoms with Crippen molar-refractivity contribution in [1.29, 1.82) is 0 Å². The molecule has 1 amide bonds. The van der Waals surface area contributed by atoms with Crippen LogP contribution in [0.4, 0.5) is 0 Å². The fraction of sp³-hybridized carbons (Fsp3) is 0.133. The van der Waals surface area contributed by atoms with Gasteiger partial charge in [-0.15, -0.1) is 0 Å². The minimum absolute atomic E-state index is 0.0977. The molecule has 0 unspecified atom stereocenters. The lowest BCUT2D eigenvalue weighted by molar-refractivity contribution is -0.117. The van der Waals surface area contributed by atoms with Crippen LogP contribution in [0.5, 0.6) is 11.5 Å². The lowest BCUT2D eigenvalue weighted by Gasteiger charge is -2.12. The third kappa shape index (κ3) is 7.46. The Bertz CT molecular complexity index is 1310. The maximum absolute atomic E-state index is 12.5. The number of hydrogen-bond acceptors (Lipinski definition) is 4. The first-order valence-corrected chi connectivity index (χ1v) is 11.5. The number of amides is 1. The summed E-state index contributed by atoms with van der Waals surface area (Å²) in [5.74, 6) is 0.408. The summed E-state index contributed by atoms with van der Waals surface area (Å²) in [6.07, 6.45) is 1.71. The molecular formula is C30H29NO5. The number of hydrogen-bond donors (Lipinski definition) is 2. The number of benzene rings is 4. The number of para-hydroxylation sites is 1. The Morgan fingerprint density at radius 3 is 2.17 bits per heavy atom. The average molecular weight is 484 g/mol. The van der Waals surface area contributed by atoms with Crippen LogP contribution in [-0.4, -0.2) is 37.2 Å². The highest BCUT2D eigenvalue weighted by molar-refractivity contribution is 5.98. The van der Waals surface area contributed by atoms with Crippen LogP contribution in [0.15, 0.2) is 103 Å². The third-order valence-corrected chi connectivity index (χ3v) is 5.24. The summed E-state index contributed by atoms with van der Waals surface area (Å²) in [6.45, 7) is 2.45. The van der Waals surface area contributed by atoms with Crippen molar-refractivity contribution in [2.75, 3.05) is 20.3 Å². The maximum atomic E-state index is 12.5. The van der Waals surface area contributed by atoms with Crippen molar-refractivity contribution in [2.45, 2.75) is 6.92 Å². The van der Waals surface area contributed by atoms with E-state index in [0.717, 1.165) is 22.1 Å². The zero-order valence-corrected chi connectivity index (χ0v) is 20.3. The van der Waals surface area contributed by atoms with Crippen molar-refractivity contribution in [3.63, 3.8) is 0 Å². The first kappa shape index (κ1) is 26.0. The smallest absolute Gasteiger partial charge is 0.335 e. The molecule has 6 heteroatoms. The van der Waals surface area contributed by atoms with Gasteiger partial charge in [-0.05, 0) is 54.3 Å². The van der Waals surface area contributed by atoms with Crippen molar-refractivity contribution in [1.82, 2.24) is 5.32 Å². The summed E-state index contributed by atoms with van der Waals surface area (Å²) in [6, 6.07) is 29.7. The molecule has 0 aromatic heterocycles. The van der Waals surface area contributed by atoms with E-state index < -0.39 is 5.97 Å². The molecule has 4 aromatic carbocycles. The summed E-state index contributed by atoms with van der Waals surface area (Å²) in [5, 5.41) is 13.8. The second-order valence-electron chi connectivity index (χ2n) is 7.74. The normalized spacial score (nSPS) is 10.7. The number of nitrogens with one attached hydrogen (secondary N) is 1. The molecule has 0 heterocycles. The quantitative estimate of drug-likeness (QED) is 0.308. The van der Waals surface area contributed by atoms with Crippen molar-refractivity contribution in [3.8, 4) is 11.5 Å². The summed E-state index contributed by atoms with van der Waals surface area (Å²) in [4.78, 5) is 23.4. The van der Waals surface area contributed by atoms with Gasteiger partial charge in [0.05, 0.1) is 18.2 Å². The number of carboxylic acids is 1.